The van der Waals surface area contributed by atoms with E-state index < -0.39 is 0 Å². The molecule has 2 N–H and O–H groups in total. The maximum absolute atomic E-state index is 5.17. The van der Waals surface area contributed by atoms with Crippen molar-refractivity contribution >= 4 is 0 Å². The highest BCUT2D eigenvalue weighted by atomic mass is 16.5. The van der Waals surface area contributed by atoms with E-state index in [0.29, 0.717) is 12.1 Å². The van der Waals surface area contributed by atoms with Crippen LogP contribution in [-0.4, -0.2) is 38.9 Å². The van der Waals surface area contributed by atoms with E-state index in [-0.39, 0.29) is 0 Å². The molecule has 86 valence electrons. The van der Waals surface area contributed by atoms with Crippen LogP contribution in [-0.2, 0) is 4.74 Å². The third kappa shape index (κ3) is 9.96. The SMILES string of the molecule is COC(C)CCCNCCNC(C)C. The quantitative estimate of drug-likeness (QED) is 0.554. The van der Waals surface area contributed by atoms with Gasteiger partial charge in [0, 0.05) is 26.2 Å². The Balaban J connectivity index is 2.99. The average molecular weight is 202 g/mol. The molecule has 0 fully saturated rings. The number of hydrogen-bond acceptors (Lipinski definition) is 3. The van der Waals surface area contributed by atoms with Crippen LogP contribution in [0.3, 0.4) is 0 Å². The summed E-state index contributed by atoms with van der Waals surface area (Å²) < 4.78 is 5.17. The first-order valence-corrected chi connectivity index (χ1v) is 5.63. The smallest absolute Gasteiger partial charge is 0.0543 e. The lowest BCUT2D eigenvalue weighted by Crippen LogP contribution is -2.32. The lowest BCUT2D eigenvalue weighted by atomic mass is 10.2. The molecule has 14 heavy (non-hydrogen) atoms. The van der Waals surface area contributed by atoms with E-state index in [4.69, 9.17) is 4.74 Å². The minimum absolute atomic E-state index is 0.394. The summed E-state index contributed by atoms with van der Waals surface area (Å²) in [5.41, 5.74) is 0. The molecule has 1 atom stereocenters. The highest BCUT2D eigenvalue weighted by molar-refractivity contribution is 4.57. The summed E-state index contributed by atoms with van der Waals surface area (Å²) in [6.07, 6.45) is 2.73. The van der Waals surface area contributed by atoms with Crippen LogP contribution >= 0.6 is 0 Å². The summed E-state index contributed by atoms with van der Waals surface area (Å²) in [6, 6.07) is 0.588. The molecule has 0 bridgehead atoms. The van der Waals surface area contributed by atoms with E-state index >= 15 is 0 Å². The molecule has 3 nitrogen and oxygen atoms in total. The average Bonchev–Trinajstić information content (AvgIpc) is 2.15. The van der Waals surface area contributed by atoms with Crippen molar-refractivity contribution in [3.63, 3.8) is 0 Å². The molecule has 0 aliphatic rings. The van der Waals surface area contributed by atoms with Gasteiger partial charge in [0.15, 0.2) is 0 Å². The van der Waals surface area contributed by atoms with E-state index in [2.05, 4.69) is 31.4 Å². The van der Waals surface area contributed by atoms with Gasteiger partial charge in [-0.1, -0.05) is 13.8 Å². The van der Waals surface area contributed by atoms with Gasteiger partial charge in [-0.2, -0.15) is 0 Å². The van der Waals surface area contributed by atoms with Gasteiger partial charge in [-0.25, -0.2) is 0 Å². The van der Waals surface area contributed by atoms with Gasteiger partial charge in [-0.15, -0.1) is 0 Å². The standard InChI is InChI=1S/C11H26N2O/c1-10(2)13-9-8-12-7-5-6-11(3)14-4/h10-13H,5-9H2,1-4H3. The Morgan fingerprint density at radius 2 is 1.79 bits per heavy atom. The summed E-state index contributed by atoms with van der Waals surface area (Å²) in [5, 5.41) is 6.77. The molecule has 0 amide bonds. The Kier molecular flexibility index (Phi) is 9.35. The first-order chi connectivity index (χ1) is 6.66. The minimum Gasteiger partial charge on any atom is -0.382 e. The predicted molar refractivity (Wildman–Crippen MR) is 61.7 cm³/mol. The van der Waals surface area contributed by atoms with Crippen LogP contribution in [0.4, 0.5) is 0 Å². The van der Waals surface area contributed by atoms with Gasteiger partial charge in [-0.3, -0.25) is 0 Å². The molecule has 0 aliphatic heterocycles. The number of rotatable bonds is 9. The van der Waals surface area contributed by atoms with Crippen molar-refractivity contribution in [2.45, 2.75) is 45.8 Å². The van der Waals surface area contributed by atoms with Crippen molar-refractivity contribution < 1.29 is 4.74 Å². The van der Waals surface area contributed by atoms with E-state index in [1.54, 1.807) is 7.11 Å². The maximum atomic E-state index is 5.17. The molecule has 0 saturated carbocycles. The fraction of sp³-hybridized carbons (Fsp3) is 1.00. The van der Waals surface area contributed by atoms with Gasteiger partial charge in [0.2, 0.25) is 0 Å². The van der Waals surface area contributed by atoms with E-state index in [0.717, 1.165) is 26.1 Å². The van der Waals surface area contributed by atoms with Gasteiger partial charge in [-0.05, 0) is 26.3 Å². The summed E-state index contributed by atoms with van der Waals surface area (Å²) in [4.78, 5) is 0. The lowest BCUT2D eigenvalue weighted by Gasteiger charge is -2.10. The first kappa shape index (κ1) is 13.9. The van der Waals surface area contributed by atoms with Crippen LogP contribution in [0.2, 0.25) is 0 Å². The number of nitrogens with one attached hydrogen (secondary N) is 2. The van der Waals surface area contributed by atoms with Gasteiger partial charge >= 0.3 is 0 Å². The summed E-state index contributed by atoms with van der Waals surface area (Å²) >= 11 is 0. The zero-order chi connectivity index (χ0) is 10.8. The normalized spacial score (nSPS) is 13.5. The van der Waals surface area contributed by atoms with Crippen molar-refractivity contribution in [1.29, 1.82) is 0 Å². The Bertz CT molecular complexity index is 118. The van der Waals surface area contributed by atoms with Crippen LogP contribution in [0, 0.1) is 0 Å². The van der Waals surface area contributed by atoms with Gasteiger partial charge < -0.3 is 15.4 Å². The summed E-state index contributed by atoms with van der Waals surface area (Å²) in [6.45, 7) is 9.64. The van der Waals surface area contributed by atoms with Crippen LogP contribution < -0.4 is 10.6 Å². The molecule has 0 aromatic carbocycles. The second kappa shape index (κ2) is 9.44. The highest BCUT2D eigenvalue weighted by Gasteiger charge is 1.97. The van der Waals surface area contributed by atoms with Gasteiger partial charge in [0.25, 0.3) is 0 Å². The summed E-state index contributed by atoms with van der Waals surface area (Å²) in [7, 11) is 1.77. The van der Waals surface area contributed by atoms with E-state index in [1.165, 1.54) is 6.42 Å². The Labute approximate surface area is 88.6 Å². The molecule has 0 heterocycles. The third-order valence-electron chi connectivity index (χ3n) is 2.22. The fourth-order valence-corrected chi connectivity index (χ4v) is 1.21. The molecule has 0 rings (SSSR count). The molecule has 0 radical (unpaired) electrons. The molecular formula is C11H26N2O. The second-order valence-corrected chi connectivity index (χ2v) is 4.05. The molecular weight excluding hydrogens is 176 g/mol. The number of ether oxygens (including phenoxy) is 1. The molecule has 0 spiro atoms. The van der Waals surface area contributed by atoms with Crippen molar-refractivity contribution in [2.75, 3.05) is 26.7 Å². The molecule has 0 aliphatic carbocycles. The molecule has 3 heteroatoms. The Morgan fingerprint density at radius 3 is 2.36 bits per heavy atom. The zero-order valence-electron chi connectivity index (χ0n) is 10.1. The largest absolute Gasteiger partial charge is 0.382 e. The molecule has 0 saturated heterocycles. The second-order valence-electron chi connectivity index (χ2n) is 4.05. The molecule has 1 unspecified atom stereocenters. The first-order valence-electron chi connectivity index (χ1n) is 5.63. The van der Waals surface area contributed by atoms with Crippen molar-refractivity contribution in [1.82, 2.24) is 10.6 Å². The Hall–Kier alpha value is -0.120. The van der Waals surface area contributed by atoms with Gasteiger partial charge in [0.1, 0.15) is 0 Å². The zero-order valence-corrected chi connectivity index (χ0v) is 10.1. The number of methoxy groups -OCH3 is 1. The third-order valence-corrected chi connectivity index (χ3v) is 2.22. The van der Waals surface area contributed by atoms with Crippen molar-refractivity contribution in [3.8, 4) is 0 Å². The molecule has 0 aromatic rings. The predicted octanol–water partition coefficient (Wildman–Crippen LogP) is 1.39. The van der Waals surface area contributed by atoms with E-state index in [9.17, 15) is 0 Å². The summed E-state index contributed by atoms with van der Waals surface area (Å²) in [5.74, 6) is 0. The topological polar surface area (TPSA) is 33.3 Å². The monoisotopic (exact) mass is 202 g/mol. The number of hydrogen-bond donors (Lipinski definition) is 2. The van der Waals surface area contributed by atoms with Crippen LogP contribution in [0.25, 0.3) is 0 Å². The van der Waals surface area contributed by atoms with Gasteiger partial charge in [0.05, 0.1) is 6.10 Å². The van der Waals surface area contributed by atoms with Crippen LogP contribution in [0.15, 0.2) is 0 Å². The van der Waals surface area contributed by atoms with Crippen LogP contribution in [0.5, 0.6) is 0 Å². The van der Waals surface area contributed by atoms with Crippen molar-refractivity contribution in [2.24, 2.45) is 0 Å². The Morgan fingerprint density at radius 1 is 1.07 bits per heavy atom. The fourth-order valence-electron chi connectivity index (χ4n) is 1.21. The lowest BCUT2D eigenvalue weighted by molar-refractivity contribution is 0.109. The maximum Gasteiger partial charge on any atom is 0.0543 e. The highest BCUT2D eigenvalue weighted by Crippen LogP contribution is 1.97. The van der Waals surface area contributed by atoms with E-state index in [1.807, 2.05) is 0 Å². The van der Waals surface area contributed by atoms with Crippen molar-refractivity contribution in [3.05, 3.63) is 0 Å². The van der Waals surface area contributed by atoms with Crippen LogP contribution in [0.1, 0.15) is 33.6 Å². The minimum atomic E-state index is 0.394. The molecule has 0 aromatic heterocycles.